The summed E-state index contributed by atoms with van der Waals surface area (Å²) in [6, 6.07) is 10.8. The van der Waals surface area contributed by atoms with E-state index in [9.17, 15) is 14.4 Å². The summed E-state index contributed by atoms with van der Waals surface area (Å²) in [5, 5.41) is 5.88. The SMILES string of the molecule is CCN(C(=O)C(CS)NC(=O)OC(C)(C)C)C(C(=O)Nc1c(C)cccc1Cl)c1cccc(C)c1. The molecule has 2 aromatic rings. The molecule has 2 atom stereocenters. The predicted octanol–water partition coefficient (Wildman–Crippen LogP) is 5.31. The monoisotopic (exact) mass is 519 g/mol. The van der Waals surface area contributed by atoms with Crippen LogP contribution in [0.25, 0.3) is 0 Å². The third-order valence-electron chi connectivity index (χ3n) is 5.18. The van der Waals surface area contributed by atoms with Gasteiger partial charge in [0.15, 0.2) is 0 Å². The van der Waals surface area contributed by atoms with Crippen molar-refractivity contribution >= 4 is 47.8 Å². The Balaban J connectivity index is 2.43. The molecule has 9 heteroatoms. The molecule has 2 rings (SSSR count). The second-order valence-corrected chi connectivity index (χ2v) is 10.0. The Labute approximate surface area is 218 Å². The van der Waals surface area contributed by atoms with Gasteiger partial charge in [-0.1, -0.05) is 53.6 Å². The van der Waals surface area contributed by atoms with E-state index in [1.807, 2.05) is 38.1 Å². The van der Waals surface area contributed by atoms with E-state index in [1.165, 1.54) is 4.90 Å². The molecule has 3 amide bonds. The van der Waals surface area contributed by atoms with Crippen molar-refractivity contribution in [2.45, 2.75) is 59.2 Å². The minimum atomic E-state index is -0.990. The van der Waals surface area contributed by atoms with Crippen molar-refractivity contribution in [3.05, 3.63) is 64.2 Å². The third kappa shape index (κ3) is 7.90. The zero-order valence-corrected chi connectivity index (χ0v) is 22.7. The van der Waals surface area contributed by atoms with Crippen molar-refractivity contribution in [3.8, 4) is 0 Å². The lowest BCUT2D eigenvalue weighted by Gasteiger charge is -2.33. The molecule has 190 valence electrons. The van der Waals surface area contributed by atoms with Crippen LogP contribution in [0.2, 0.25) is 5.02 Å². The number of carbonyl (C=O) groups excluding carboxylic acids is 3. The molecule has 35 heavy (non-hydrogen) atoms. The van der Waals surface area contributed by atoms with Crippen LogP contribution in [0, 0.1) is 13.8 Å². The number of aryl methyl sites for hydroxylation is 2. The van der Waals surface area contributed by atoms with Crippen LogP contribution in [-0.4, -0.2) is 46.7 Å². The number of hydrogen-bond acceptors (Lipinski definition) is 5. The highest BCUT2D eigenvalue weighted by Crippen LogP contribution is 2.29. The number of ether oxygens (including phenoxy) is 1. The van der Waals surface area contributed by atoms with Gasteiger partial charge in [-0.25, -0.2) is 4.79 Å². The van der Waals surface area contributed by atoms with Crippen LogP contribution in [-0.2, 0) is 14.3 Å². The first kappa shape index (κ1) is 28.5. The van der Waals surface area contributed by atoms with Gasteiger partial charge in [0, 0.05) is 12.3 Å². The highest BCUT2D eigenvalue weighted by atomic mass is 35.5. The molecule has 2 aromatic carbocycles. The maximum absolute atomic E-state index is 13.7. The fourth-order valence-corrected chi connectivity index (χ4v) is 4.11. The van der Waals surface area contributed by atoms with Crippen LogP contribution in [0.15, 0.2) is 42.5 Å². The number of benzene rings is 2. The number of nitrogens with one attached hydrogen (secondary N) is 2. The number of alkyl carbamates (subject to hydrolysis) is 1. The van der Waals surface area contributed by atoms with E-state index in [4.69, 9.17) is 16.3 Å². The van der Waals surface area contributed by atoms with Gasteiger partial charge in [0.1, 0.15) is 17.7 Å². The van der Waals surface area contributed by atoms with Crippen LogP contribution >= 0.6 is 24.2 Å². The van der Waals surface area contributed by atoms with Crippen molar-refractivity contribution in [3.63, 3.8) is 0 Å². The van der Waals surface area contributed by atoms with Gasteiger partial charge in [0.05, 0.1) is 10.7 Å². The summed E-state index contributed by atoms with van der Waals surface area (Å²) < 4.78 is 5.30. The molecule has 0 aromatic heterocycles. The lowest BCUT2D eigenvalue weighted by atomic mass is 10.0. The number of likely N-dealkylation sites (N-methyl/N-ethyl adjacent to an activating group) is 1. The van der Waals surface area contributed by atoms with Gasteiger partial charge in [-0.3, -0.25) is 9.59 Å². The second kappa shape index (κ2) is 12.3. The highest BCUT2D eigenvalue weighted by molar-refractivity contribution is 7.80. The number of amides is 3. The van der Waals surface area contributed by atoms with Crippen LogP contribution in [0.4, 0.5) is 10.5 Å². The molecule has 2 unspecified atom stereocenters. The zero-order chi connectivity index (χ0) is 26.3. The Morgan fingerprint density at radius 2 is 1.77 bits per heavy atom. The van der Waals surface area contributed by atoms with E-state index in [0.717, 1.165) is 11.1 Å². The molecular weight excluding hydrogens is 486 g/mol. The number of rotatable bonds is 8. The number of halogens is 1. The highest BCUT2D eigenvalue weighted by Gasteiger charge is 2.35. The second-order valence-electron chi connectivity index (χ2n) is 9.24. The summed E-state index contributed by atoms with van der Waals surface area (Å²) in [7, 11) is 0. The standard InChI is InChI=1S/C26H34ClN3O4S/c1-7-30(24(32)20(15-35)28-25(33)34-26(4,5)6)22(18-12-8-10-16(2)14-18)23(31)29-21-17(3)11-9-13-19(21)27/h8-14,20,22,35H,7,15H2,1-6H3,(H,28,33)(H,29,31). The molecular formula is C26H34ClN3O4S. The summed E-state index contributed by atoms with van der Waals surface area (Å²) >= 11 is 10.6. The van der Waals surface area contributed by atoms with E-state index in [0.29, 0.717) is 16.3 Å². The van der Waals surface area contributed by atoms with Gasteiger partial charge in [-0.15, -0.1) is 0 Å². The number of para-hydroxylation sites is 1. The predicted molar refractivity (Wildman–Crippen MR) is 143 cm³/mol. The lowest BCUT2D eigenvalue weighted by molar-refractivity contribution is -0.140. The molecule has 0 spiro atoms. The summed E-state index contributed by atoms with van der Waals surface area (Å²) in [6.45, 7) is 10.9. The first-order valence-corrected chi connectivity index (χ1v) is 12.4. The van der Waals surface area contributed by atoms with E-state index in [2.05, 4.69) is 23.3 Å². The normalized spacial score (nSPS) is 12.9. The van der Waals surface area contributed by atoms with E-state index < -0.39 is 35.6 Å². The molecule has 0 aliphatic rings. The maximum Gasteiger partial charge on any atom is 0.408 e. The van der Waals surface area contributed by atoms with Crippen LogP contribution in [0.1, 0.15) is 50.4 Å². The Morgan fingerprint density at radius 3 is 2.31 bits per heavy atom. The van der Waals surface area contributed by atoms with E-state index in [1.54, 1.807) is 45.9 Å². The van der Waals surface area contributed by atoms with Crippen molar-refractivity contribution in [1.29, 1.82) is 0 Å². The number of nitrogens with zero attached hydrogens (tertiary/aromatic N) is 1. The molecule has 0 aliphatic heterocycles. The number of hydrogen-bond donors (Lipinski definition) is 3. The first-order chi connectivity index (χ1) is 16.4. The largest absolute Gasteiger partial charge is 0.444 e. The van der Waals surface area contributed by atoms with E-state index >= 15 is 0 Å². The maximum atomic E-state index is 13.7. The molecule has 0 heterocycles. The van der Waals surface area contributed by atoms with Gasteiger partial charge >= 0.3 is 6.09 Å². The summed E-state index contributed by atoms with van der Waals surface area (Å²) in [4.78, 5) is 41.0. The van der Waals surface area contributed by atoms with Gasteiger partial charge < -0.3 is 20.3 Å². The van der Waals surface area contributed by atoms with Crippen molar-refractivity contribution in [2.24, 2.45) is 0 Å². The Morgan fingerprint density at radius 1 is 1.11 bits per heavy atom. The molecule has 0 aliphatic carbocycles. The van der Waals surface area contributed by atoms with Gasteiger partial charge in [0.2, 0.25) is 5.91 Å². The minimum absolute atomic E-state index is 0.0281. The van der Waals surface area contributed by atoms with Crippen molar-refractivity contribution in [1.82, 2.24) is 10.2 Å². The fourth-order valence-electron chi connectivity index (χ4n) is 3.60. The summed E-state index contributed by atoms with van der Waals surface area (Å²) in [5.74, 6) is -0.844. The molecule has 0 saturated carbocycles. The summed E-state index contributed by atoms with van der Waals surface area (Å²) in [5.41, 5.74) is 2.13. The molecule has 0 bridgehead atoms. The summed E-state index contributed by atoms with van der Waals surface area (Å²) in [6.07, 6.45) is -0.732. The first-order valence-electron chi connectivity index (χ1n) is 11.4. The van der Waals surface area contributed by atoms with Crippen molar-refractivity contribution in [2.75, 3.05) is 17.6 Å². The van der Waals surface area contributed by atoms with Gasteiger partial charge in [-0.2, -0.15) is 12.6 Å². The topological polar surface area (TPSA) is 87.7 Å². The van der Waals surface area contributed by atoms with Gasteiger partial charge in [-0.05, 0) is 58.7 Å². The fraction of sp³-hybridized carbons (Fsp3) is 0.423. The number of thiol groups is 1. The number of anilines is 1. The van der Waals surface area contributed by atoms with Crippen LogP contribution < -0.4 is 10.6 Å². The molecule has 2 N–H and O–H groups in total. The molecule has 0 radical (unpaired) electrons. The van der Waals surface area contributed by atoms with Crippen LogP contribution in [0.5, 0.6) is 0 Å². The smallest absolute Gasteiger partial charge is 0.408 e. The Kier molecular flexibility index (Phi) is 10.0. The Bertz CT molecular complexity index is 1050. The van der Waals surface area contributed by atoms with Crippen LogP contribution in [0.3, 0.4) is 0 Å². The third-order valence-corrected chi connectivity index (χ3v) is 5.86. The Hall–Kier alpha value is -2.71. The van der Waals surface area contributed by atoms with E-state index in [-0.39, 0.29) is 12.3 Å². The number of carbonyl (C=O) groups is 3. The minimum Gasteiger partial charge on any atom is -0.444 e. The lowest BCUT2D eigenvalue weighted by Crippen LogP contribution is -2.53. The molecule has 7 nitrogen and oxygen atoms in total. The average Bonchev–Trinajstić information content (AvgIpc) is 2.76. The molecule has 0 saturated heterocycles. The van der Waals surface area contributed by atoms with Gasteiger partial charge in [0.25, 0.3) is 5.91 Å². The molecule has 0 fully saturated rings. The van der Waals surface area contributed by atoms with Crippen molar-refractivity contribution < 1.29 is 19.1 Å². The quantitative estimate of drug-likeness (QED) is 0.412. The zero-order valence-electron chi connectivity index (χ0n) is 21.0. The average molecular weight is 520 g/mol.